The number of nitrogens with one attached hydrogen (secondary N) is 2. The van der Waals surface area contributed by atoms with E-state index in [0.29, 0.717) is 35.3 Å². The van der Waals surface area contributed by atoms with E-state index in [1.165, 1.54) is 0 Å². The van der Waals surface area contributed by atoms with Crippen LogP contribution in [0.2, 0.25) is 5.02 Å². The lowest BCUT2D eigenvalue weighted by Gasteiger charge is -2.35. The van der Waals surface area contributed by atoms with E-state index in [1.807, 2.05) is 6.07 Å². The molecule has 0 aliphatic heterocycles. The van der Waals surface area contributed by atoms with E-state index in [1.54, 1.807) is 51.1 Å². The summed E-state index contributed by atoms with van der Waals surface area (Å²) in [6.07, 6.45) is 0.402. The number of alkyl halides is 1. The molecule has 4 aromatic rings. The molecule has 0 spiro atoms. The molecule has 1 amide bonds. The number of hydrogen-bond donors (Lipinski definition) is 4. The van der Waals surface area contributed by atoms with Crippen LogP contribution in [0.25, 0.3) is 16.6 Å². The number of aromatic nitrogens is 3. The Morgan fingerprint density at radius 3 is 2.61 bits per heavy atom. The van der Waals surface area contributed by atoms with Crippen LogP contribution in [0, 0.1) is 12.8 Å². The molecule has 2 aliphatic rings. The van der Waals surface area contributed by atoms with Gasteiger partial charge in [-0.25, -0.2) is 13.8 Å². The summed E-state index contributed by atoms with van der Waals surface area (Å²) < 4.78 is 17.3. The zero-order valence-electron chi connectivity index (χ0n) is 23.1. The van der Waals surface area contributed by atoms with Crippen molar-refractivity contribution in [2.45, 2.75) is 70.1 Å². The van der Waals surface area contributed by atoms with Gasteiger partial charge in [-0.1, -0.05) is 29.8 Å². The van der Waals surface area contributed by atoms with Crippen LogP contribution in [0.5, 0.6) is 0 Å². The minimum Gasteiger partial charge on any atom is -0.390 e. The van der Waals surface area contributed by atoms with Crippen LogP contribution in [-0.4, -0.2) is 37.3 Å². The summed E-state index contributed by atoms with van der Waals surface area (Å²) in [4.78, 5) is 45.3. The average molecular weight is 579 g/mol. The number of para-hydroxylation sites is 1. The molecule has 0 radical (unpaired) electrons. The summed E-state index contributed by atoms with van der Waals surface area (Å²) in [5.74, 6) is -2.12. The lowest BCUT2D eigenvalue weighted by Crippen LogP contribution is -2.36. The van der Waals surface area contributed by atoms with E-state index in [9.17, 15) is 19.5 Å². The molecule has 2 aromatic carbocycles. The molecule has 41 heavy (non-hydrogen) atoms. The number of aliphatic hydroxyl groups is 1. The lowest BCUT2D eigenvalue weighted by atomic mass is 9.70. The van der Waals surface area contributed by atoms with Crippen LogP contribution < -0.4 is 17.0 Å². The Bertz CT molecular complexity index is 1830. The van der Waals surface area contributed by atoms with Crippen molar-refractivity contribution in [2.24, 2.45) is 11.7 Å². The number of primary amides is 1. The minimum absolute atomic E-state index is 0.00632. The number of H-pyrrole nitrogens is 2. The maximum atomic E-state index is 16.2. The molecule has 4 atom stereocenters. The van der Waals surface area contributed by atoms with E-state index < -0.39 is 40.8 Å². The van der Waals surface area contributed by atoms with E-state index in [-0.39, 0.29) is 28.3 Å². The van der Waals surface area contributed by atoms with Crippen LogP contribution in [-0.2, 0) is 17.6 Å². The summed E-state index contributed by atoms with van der Waals surface area (Å²) in [6, 6.07) is 10.0. The van der Waals surface area contributed by atoms with Crippen LogP contribution >= 0.6 is 11.6 Å². The van der Waals surface area contributed by atoms with Gasteiger partial charge < -0.3 is 20.8 Å². The Morgan fingerprint density at radius 1 is 1.17 bits per heavy atom. The topological polar surface area (TPSA) is 134 Å². The molecule has 8 nitrogen and oxygen atoms in total. The highest BCUT2D eigenvalue weighted by Crippen LogP contribution is 2.49. The number of carbonyl (C=O) groups is 1. The molecule has 214 valence electrons. The number of carbonyl (C=O) groups excluding carboxylic acids is 1. The number of amides is 1. The number of halogens is 2. The Hall–Kier alpha value is -3.69. The third-order valence-corrected chi connectivity index (χ3v) is 9.40. The molecule has 0 saturated carbocycles. The second kappa shape index (κ2) is 9.70. The lowest BCUT2D eigenvalue weighted by molar-refractivity contribution is -0.120. The van der Waals surface area contributed by atoms with Crippen molar-refractivity contribution in [3.05, 3.63) is 95.9 Å². The number of aromatic amines is 2. The highest BCUT2D eigenvalue weighted by Gasteiger charge is 2.44. The standard InChI is InChI=1S/C31H32ClFN4O4/c1-14-16(6-5-9-23(14)37-29(39)18-7-4-8-20(32)26(18)36-30(37)40)24-21(33)13-19(28(34)38)27-25(24)17-11-10-15(31(2,3)41)12-22(17)35-27/h4-9,15,19,21,24,35,41H,10-13H2,1-3H3,(H2,34,38)(H,36,40)/t15-,19?,21?,24?/m0/s1. The van der Waals surface area contributed by atoms with Gasteiger partial charge in [0.25, 0.3) is 5.56 Å². The Morgan fingerprint density at radius 2 is 1.90 bits per heavy atom. The Balaban J connectivity index is 1.54. The molecule has 10 heteroatoms. The summed E-state index contributed by atoms with van der Waals surface area (Å²) in [5, 5.41) is 11.2. The molecule has 2 aliphatic carbocycles. The predicted molar refractivity (Wildman–Crippen MR) is 156 cm³/mol. The van der Waals surface area contributed by atoms with Gasteiger partial charge in [0.05, 0.1) is 33.1 Å². The van der Waals surface area contributed by atoms with Gasteiger partial charge in [0.1, 0.15) is 6.17 Å². The molecule has 5 N–H and O–H groups in total. The van der Waals surface area contributed by atoms with Crippen LogP contribution in [0.1, 0.15) is 72.2 Å². The number of hydrogen-bond acceptors (Lipinski definition) is 4. The van der Waals surface area contributed by atoms with Crippen molar-refractivity contribution >= 4 is 28.4 Å². The van der Waals surface area contributed by atoms with Gasteiger partial charge in [-0.05, 0) is 92.8 Å². The van der Waals surface area contributed by atoms with Crippen molar-refractivity contribution in [1.82, 2.24) is 14.5 Å². The molecule has 0 fully saturated rings. The van der Waals surface area contributed by atoms with E-state index in [2.05, 4.69) is 9.97 Å². The van der Waals surface area contributed by atoms with Gasteiger partial charge in [-0.3, -0.25) is 9.59 Å². The monoisotopic (exact) mass is 578 g/mol. The van der Waals surface area contributed by atoms with E-state index in [0.717, 1.165) is 27.8 Å². The second-order valence-corrected chi connectivity index (χ2v) is 12.3. The first-order chi connectivity index (χ1) is 19.4. The fourth-order valence-electron chi connectivity index (χ4n) is 6.90. The van der Waals surface area contributed by atoms with Crippen molar-refractivity contribution in [3.63, 3.8) is 0 Å². The number of nitrogens with zero attached hydrogens (tertiary/aromatic N) is 1. The zero-order chi connectivity index (χ0) is 29.4. The first kappa shape index (κ1) is 27.5. The molecule has 2 heterocycles. The smallest absolute Gasteiger partial charge is 0.333 e. The van der Waals surface area contributed by atoms with Crippen molar-refractivity contribution in [2.75, 3.05) is 0 Å². The molecular formula is C31H32ClFN4O4. The van der Waals surface area contributed by atoms with E-state index in [4.69, 9.17) is 17.3 Å². The quantitative estimate of drug-likeness (QED) is 0.287. The third kappa shape index (κ3) is 4.33. The summed E-state index contributed by atoms with van der Waals surface area (Å²) in [5.41, 5.74) is 8.70. The highest BCUT2D eigenvalue weighted by atomic mass is 35.5. The second-order valence-electron chi connectivity index (χ2n) is 11.9. The molecule has 0 bridgehead atoms. The van der Waals surface area contributed by atoms with Gasteiger partial charge >= 0.3 is 5.69 Å². The largest absolute Gasteiger partial charge is 0.390 e. The molecule has 2 aromatic heterocycles. The van der Waals surface area contributed by atoms with Gasteiger partial charge in [0, 0.05) is 17.3 Å². The number of rotatable bonds is 4. The predicted octanol–water partition coefficient (Wildman–Crippen LogP) is 4.29. The zero-order valence-corrected chi connectivity index (χ0v) is 23.8. The SMILES string of the molecule is Cc1c(C2c3c([nH]c4c3CC[C@H](C(C)(C)O)C4)C(C(N)=O)CC2F)cccc1-n1c(=O)[nH]c2c(Cl)cccc2c1=O. The van der Waals surface area contributed by atoms with Gasteiger partial charge in [-0.2, -0.15) is 0 Å². The Kier molecular flexibility index (Phi) is 6.50. The van der Waals surface area contributed by atoms with Gasteiger partial charge in [0.2, 0.25) is 5.91 Å². The number of nitrogens with two attached hydrogens (primary N) is 1. The fourth-order valence-corrected chi connectivity index (χ4v) is 7.12. The van der Waals surface area contributed by atoms with Crippen LogP contribution in [0.4, 0.5) is 4.39 Å². The van der Waals surface area contributed by atoms with Gasteiger partial charge in [0.15, 0.2) is 0 Å². The molecule has 6 rings (SSSR count). The Labute approximate surface area is 240 Å². The normalized spacial score (nSPS) is 22.4. The molecular weight excluding hydrogens is 547 g/mol. The highest BCUT2D eigenvalue weighted by molar-refractivity contribution is 6.34. The van der Waals surface area contributed by atoms with Crippen molar-refractivity contribution in [1.29, 1.82) is 0 Å². The first-order valence-electron chi connectivity index (χ1n) is 13.8. The maximum Gasteiger partial charge on any atom is 0.333 e. The summed E-state index contributed by atoms with van der Waals surface area (Å²) in [6.45, 7) is 5.35. The molecule has 0 saturated heterocycles. The van der Waals surface area contributed by atoms with Crippen molar-refractivity contribution < 1.29 is 14.3 Å². The van der Waals surface area contributed by atoms with E-state index >= 15 is 4.39 Å². The van der Waals surface area contributed by atoms with Gasteiger partial charge in [-0.15, -0.1) is 0 Å². The average Bonchev–Trinajstić information content (AvgIpc) is 3.28. The van der Waals surface area contributed by atoms with Crippen molar-refractivity contribution in [3.8, 4) is 5.69 Å². The summed E-state index contributed by atoms with van der Waals surface area (Å²) >= 11 is 6.23. The van der Waals surface area contributed by atoms with Crippen LogP contribution in [0.3, 0.4) is 0 Å². The minimum atomic E-state index is -1.42. The van der Waals surface area contributed by atoms with Crippen LogP contribution in [0.15, 0.2) is 46.0 Å². The molecule has 3 unspecified atom stereocenters. The third-order valence-electron chi connectivity index (χ3n) is 9.09. The number of benzene rings is 2. The first-order valence-corrected chi connectivity index (χ1v) is 14.2. The number of fused-ring (bicyclic) bond motifs is 4. The summed E-state index contributed by atoms with van der Waals surface area (Å²) in [7, 11) is 0. The fraction of sp³-hybridized carbons (Fsp3) is 0.387. The maximum absolute atomic E-state index is 16.2.